The maximum Gasteiger partial charge on any atom is 0.490 e. The van der Waals surface area contributed by atoms with Crippen LogP contribution in [0.2, 0.25) is 0 Å². The first-order valence-corrected chi connectivity index (χ1v) is 12.7. The second kappa shape index (κ2) is 19.1. The van der Waals surface area contributed by atoms with Gasteiger partial charge in [-0.3, -0.25) is 4.79 Å². The fourth-order valence-electron chi connectivity index (χ4n) is 3.50. The Balaban J connectivity index is 0.000000856. The van der Waals surface area contributed by atoms with Crippen molar-refractivity contribution in [1.29, 1.82) is 0 Å². The maximum absolute atomic E-state index is 10.6. The second-order valence-corrected chi connectivity index (χ2v) is 8.65. The summed E-state index contributed by atoms with van der Waals surface area (Å²) in [4.78, 5) is 19.4. The number of carbonyl (C=O) groups is 2. The molecule has 0 aromatic heterocycles. The van der Waals surface area contributed by atoms with E-state index < -0.39 is 18.1 Å². The highest BCUT2D eigenvalue weighted by Gasteiger charge is 2.38. The first kappa shape index (κ1) is 32.0. The molecule has 2 aromatic carbocycles. The van der Waals surface area contributed by atoms with Crippen LogP contribution < -0.4 is 10.1 Å². The first-order valence-electron chi connectivity index (χ1n) is 12.7. The Bertz CT molecular complexity index is 891. The highest BCUT2D eigenvalue weighted by atomic mass is 19.4. The number of hydrogen-bond acceptors (Lipinski definition) is 4. The van der Waals surface area contributed by atoms with Crippen LogP contribution >= 0.6 is 0 Å². The molecule has 0 radical (unpaired) electrons. The molecule has 0 aliphatic carbocycles. The summed E-state index contributed by atoms with van der Waals surface area (Å²) >= 11 is 0. The van der Waals surface area contributed by atoms with Gasteiger partial charge in [0.25, 0.3) is 0 Å². The molecule has 0 aliphatic rings. The zero-order valence-corrected chi connectivity index (χ0v) is 21.1. The van der Waals surface area contributed by atoms with Crippen molar-refractivity contribution in [3.8, 4) is 5.75 Å². The summed E-state index contributed by atoms with van der Waals surface area (Å²) in [5.41, 5.74) is 2.72. The van der Waals surface area contributed by atoms with Gasteiger partial charge in [-0.05, 0) is 61.9 Å². The largest absolute Gasteiger partial charge is 0.494 e. The fraction of sp³-hybridized carbons (Fsp3) is 0.500. The van der Waals surface area contributed by atoms with Crippen LogP contribution in [0.5, 0.6) is 5.75 Å². The average Bonchev–Trinajstić information content (AvgIpc) is 2.85. The summed E-state index contributed by atoms with van der Waals surface area (Å²) in [5, 5.41) is 18.9. The SMILES string of the molecule is O=C(O)C(F)(F)F.O=C(O)CCNCCCc1cccc(OCCCCCCCCc2ccccc2)c1. The van der Waals surface area contributed by atoms with E-state index in [1.54, 1.807) is 0 Å². The number of carboxylic acid groups (broad SMARTS) is 2. The maximum atomic E-state index is 10.6. The molecule has 0 aliphatic heterocycles. The number of benzene rings is 2. The molecule has 2 rings (SSSR count). The molecule has 0 amide bonds. The highest BCUT2D eigenvalue weighted by Crippen LogP contribution is 2.16. The number of aliphatic carboxylic acids is 2. The van der Waals surface area contributed by atoms with E-state index in [1.807, 2.05) is 6.07 Å². The molecule has 2 aromatic rings. The molecule has 6 nitrogen and oxygen atoms in total. The second-order valence-electron chi connectivity index (χ2n) is 8.65. The minimum absolute atomic E-state index is 0.178. The summed E-state index contributed by atoms with van der Waals surface area (Å²) in [6.07, 6.45) is 5.77. The highest BCUT2D eigenvalue weighted by molar-refractivity contribution is 5.73. The molecule has 0 heterocycles. The predicted octanol–water partition coefficient (Wildman–Crippen LogP) is 6.28. The quantitative estimate of drug-likeness (QED) is 0.211. The van der Waals surface area contributed by atoms with Gasteiger partial charge in [0.15, 0.2) is 0 Å². The minimum Gasteiger partial charge on any atom is -0.494 e. The van der Waals surface area contributed by atoms with E-state index in [2.05, 4.69) is 53.8 Å². The van der Waals surface area contributed by atoms with E-state index in [0.29, 0.717) is 6.54 Å². The van der Waals surface area contributed by atoms with E-state index in [-0.39, 0.29) is 6.42 Å². The molecule has 3 N–H and O–H groups in total. The average molecular weight is 526 g/mol. The molecule has 0 saturated carbocycles. The van der Waals surface area contributed by atoms with Crippen molar-refractivity contribution in [3.63, 3.8) is 0 Å². The Morgan fingerprint density at radius 1 is 0.757 bits per heavy atom. The molecule has 9 heteroatoms. The number of hydrogen-bond donors (Lipinski definition) is 3. The molecule has 206 valence electrons. The Kier molecular flexibility index (Phi) is 16.5. The lowest BCUT2D eigenvalue weighted by Gasteiger charge is -2.09. The Labute approximate surface area is 216 Å². The molecule has 0 fully saturated rings. The van der Waals surface area contributed by atoms with Crippen LogP contribution in [0.25, 0.3) is 0 Å². The van der Waals surface area contributed by atoms with E-state index >= 15 is 0 Å². The molecule has 0 atom stereocenters. The van der Waals surface area contributed by atoms with Crippen LogP contribution in [0.1, 0.15) is 62.5 Å². The smallest absolute Gasteiger partial charge is 0.490 e. The van der Waals surface area contributed by atoms with E-state index in [0.717, 1.165) is 38.2 Å². The number of halogens is 3. The van der Waals surface area contributed by atoms with Crippen molar-refractivity contribution in [3.05, 3.63) is 65.7 Å². The Morgan fingerprint density at radius 3 is 2.00 bits per heavy atom. The third-order valence-electron chi connectivity index (χ3n) is 5.45. The number of rotatable bonds is 17. The molecule has 0 bridgehead atoms. The van der Waals surface area contributed by atoms with E-state index in [9.17, 15) is 18.0 Å². The van der Waals surface area contributed by atoms with E-state index in [4.69, 9.17) is 19.7 Å². The van der Waals surface area contributed by atoms with Gasteiger partial charge in [0.05, 0.1) is 13.0 Å². The van der Waals surface area contributed by atoms with Gasteiger partial charge in [-0.25, -0.2) is 4.79 Å². The van der Waals surface area contributed by atoms with Crippen LogP contribution in [0.3, 0.4) is 0 Å². The van der Waals surface area contributed by atoms with Crippen molar-refractivity contribution in [2.24, 2.45) is 0 Å². The third kappa shape index (κ3) is 17.9. The molecule has 37 heavy (non-hydrogen) atoms. The monoisotopic (exact) mass is 525 g/mol. The van der Waals surface area contributed by atoms with Crippen LogP contribution in [-0.2, 0) is 22.4 Å². The molecule has 0 spiro atoms. The summed E-state index contributed by atoms with van der Waals surface area (Å²) in [5.74, 6) is -2.56. The van der Waals surface area contributed by atoms with Crippen LogP contribution in [-0.4, -0.2) is 48.0 Å². The van der Waals surface area contributed by atoms with Crippen molar-refractivity contribution >= 4 is 11.9 Å². The number of unbranched alkanes of at least 4 members (excludes halogenated alkanes) is 5. The molecular weight excluding hydrogens is 487 g/mol. The lowest BCUT2D eigenvalue weighted by Crippen LogP contribution is -2.21. The van der Waals surface area contributed by atoms with Gasteiger partial charge >= 0.3 is 18.1 Å². The minimum atomic E-state index is -5.08. The summed E-state index contributed by atoms with van der Waals surface area (Å²) in [7, 11) is 0. The number of alkyl halides is 3. The summed E-state index contributed by atoms with van der Waals surface area (Å²) < 4.78 is 37.7. The lowest BCUT2D eigenvalue weighted by molar-refractivity contribution is -0.192. The zero-order chi connectivity index (χ0) is 27.4. The van der Waals surface area contributed by atoms with Gasteiger partial charge in [0.2, 0.25) is 0 Å². The zero-order valence-electron chi connectivity index (χ0n) is 21.1. The van der Waals surface area contributed by atoms with Crippen molar-refractivity contribution in [2.45, 2.75) is 70.4 Å². The van der Waals surface area contributed by atoms with E-state index in [1.165, 1.54) is 49.7 Å². The normalized spacial score (nSPS) is 10.9. The van der Waals surface area contributed by atoms with Crippen molar-refractivity contribution in [1.82, 2.24) is 5.32 Å². The summed E-state index contributed by atoms with van der Waals surface area (Å²) in [6.45, 7) is 2.15. The van der Waals surface area contributed by atoms with Gasteiger partial charge in [-0.2, -0.15) is 13.2 Å². The fourth-order valence-corrected chi connectivity index (χ4v) is 3.50. The van der Waals surface area contributed by atoms with Crippen LogP contribution in [0.4, 0.5) is 13.2 Å². The van der Waals surface area contributed by atoms with Gasteiger partial charge in [0, 0.05) is 6.54 Å². The van der Waals surface area contributed by atoms with Crippen molar-refractivity contribution < 1.29 is 37.7 Å². The number of ether oxygens (including phenoxy) is 1. The summed E-state index contributed by atoms with van der Waals surface area (Å²) in [6, 6.07) is 19.1. The Hall–Kier alpha value is -3.07. The standard InChI is InChI=1S/C26H37NO3.C2HF3O2/c28-26(29)18-20-27-19-11-16-24-15-10-17-25(22-24)30-21-9-4-2-1-3-6-12-23-13-7-5-8-14-23;3-2(4,5)1(6)7/h5,7-8,10,13-15,17,22,27H,1-4,6,9,11-12,16,18-21H2,(H,28,29);(H,6,7). The van der Waals surface area contributed by atoms with Gasteiger partial charge < -0.3 is 20.3 Å². The van der Waals surface area contributed by atoms with Crippen molar-refractivity contribution in [2.75, 3.05) is 19.7 Å². The molecular formula is C28H38F3NO5. The van der Waals surface area contributed by atoms with Gasteiger partial charge in [-0.15, -0.1) is 0 Å². The Morgan fingerprint density at radius 2 is 1.35 bits per heavy atom. The first-order chi connectivity index (χ1) is 17.7. The number of carboxylic acids is 2. The lowest BCUT2D eigenvalue weighted by atomic mass is 10.1. The molecule has 0 unspecified atom stereocenters. The van der Waals surface area contributed by atoms with Crippen LogP contribution in [0, 0.1) is 0 Å². The predicted molar refractivity (Wildman–Crippen MR) is 137 cm³/mol. The molecule has 0 saturated heterocycles. The van der Waals surface area contributed by atoms with Gasteiger partial charge in [0.1, 0.15) is 5.75 Å². The third-order valence-corrected chi connectivity index (χ3v) is 5.45. The van der Waals surface area contributed by atoms with Gasteiger partial charge in [-0.1, -0.05) is 68.1 Å². The number of aryl methyl sites for hydroxylation is 2. The number of nitrogens with one attached hydrogen (secondary N) is 1. The van der Waals surface area contributed by atoms with Crippen LogP contribution in [0.15, 0.2) is 54.6 Å². The topological polar surface area (TPSA) is 95.9 Å².